The number of carbonyl (C=O) groups excluding carboxylic acids is 1. The van der Waals surface area contributed by atoms with E-state index in [1.54, 1.807) is 0 Å². The van der Waals surface area contributed by atoms with Crippen LogP contribution in [0.4, 0.5) is 0 Å². The van der Waals surface area contributed by atoms with E-state index in [2.05, 4.69) is 0 Å². The molecular weight excluding hydrogens is 162 g/mol. The SMILES string of the molecule is Cl.NC1CCCCC1CC=O. The molecule has 2 N–H and O–H groups in total. The highest BCUT2D eigenvalue weighted by molar-refractivity contribution is 5.85. The fraction of sp³-hybridized carbons (Fsp3) is 0.875. The van der Waals surface area contributed by atoms with E-state index in [4.69, 9.17) is 5.73 Å². The molecule has 0 radical (unpaired) electrons. The summed E-state index contributed by atoms with van der Waals surface area (Å²) in [5.41, 5.74) is 5.81. The fourth-order valence-electron chi connectivity index (χ4n) is 1.65. The highest BCUT2D eigenvalue weighted by Crippen LogP contribution is 2.24. The zero-order valence-corrected chi connectivity index (χ0v) is 7.48. The number of hydrogen-bond acceptors (Lipinski definition) is 2. The molecule has 1 saturated carbocycles. The lowest BCUT2D eigenvalue weighted by molar-refractivity contribution is -0.108. The van der Waals surface area contributed by atoms with Crippen molar-refractivity contribution in [3.05, 3.63) is 0 Å². The molecule has 3 heteroatoms. The summed E-state index contributed by atoms with van der Waals surface area (Å²) in [6, 6.07) is 0.291. The third-order valence-electron chi connectivity index (χ3n) is 2.37. The van der Waals surface area contributed by atoms with Crippen LogP contribution in [0.3, 0.4) is 0 Å². The van der Waals surface area contributed by atoms with E-state index in [9.17, 15) is 4.79 Å². The summed E-state index contributed by atoms with van der Waals surface area (Å²) < 4.78 is 0. The van der Waals surface area contributed by atoms with Crippen LogP contribution in [0.25, 0.3) is 0 Å². The number of hydrogen-bond donors (Lipinski definition) is 1. The Labute approximate surface area is 73.9 Å². The van der Waals surface area contributed by atoms with Gasteiger partial charge >= 0.3 is 0 Å². The molecule has 0 heterocycles. The van der Waals surface area contributed by atoms with Crippen LogP contribution in [-0.2, 0) is 4.79 Å². The molecule has 2 nitrogen and oxygen atoms in total. The van der Waals surface area contributed by atoms with Gasteiger partial charge in [-0.1, -0.05) is 12.8 Å². The lowest BCUT2D eigenvalue weighted by Crippen LogP contribution is -2.33. The van der Waals surface area contributed by atoms with Gasteiger partial charge in [-0.2, -0.15) is 0 Å². The fourth-order valence-corrected chi connectivity index (χ4v) is 1.65. The van der Waals surface area contributed by atoms with Crippen LogP contribution < -0.4 is 5.73 Å². The average Bonchev–Trinajstić information content (AvgIpc) is 1.94. The van der Waals surface area contributed by atoms with Crippen molar-refractivity contribution in [2.45, 2.75) is 38.1 Å². The topological polar surface area (TPSA) is 43.1 Å². The first-order valence-corrected chi connectivity index (χ1v) is 4.04. The summed E-state index contributed by atoms with van der Waals surface area (Å²) in [4.78, 5) is 10.2. The van der Waals surface area contributed by atoms with Gasteiger partial charge in [-0.3, -0.25) is 0 Å². The molecule has 1 aliphatic carbocycles. The Morgan fingerprint density at radius 1 is 1.36 bits per heavy atom. The van der Waals surface area contributed by atoms with Gasteiger partial charge < -0.3 is 10.5 Å². The maximum absolute atomic E-state index is 10.2. The smallest absolute Gasteiger partial charge is 0.120 e. The van der Waals surface area contributed by atoms with Gasteiger partial charge in [0.15, 0.2) is 0 Å². The van der Waals surface area contributed by atoms with Crippen molar-refractivity contribution >= 4 is 18.7 Å². The third kappa shape index (κ3) is 3.21. The van der Waals surface area contributed by atoms with E-state index < -0.39 is 0 Å². The summed E-state index contributed by atoms with van der Waals surface area (Å²) in [5, 5.41) is 0. The van der Waals surface area contributed by atoms with Crippen LogP contribution in [0, 0.1) is 5.92 Å². The molecule has 2 unspecified atom stereocenters. The highest BCUT2D eigenvalue weighted by atomic mass is 35.5. The number of nitrogens with two attached hydrogens (primary N) is 1. The van der Waals surface area contributed by atoms with E-state index in [1.165, 1.54) is 12.8 Å². The van der Waals surface area contributed by atoms with Gasteiger partial charge in [0.1, 0.15) is 6.29 Å². The maximum atomic E-state index is 10.2. The van der Waals surface area contributed by atoms with Crippen LogP contribution in [-0.4, -0.2) is 12.3 Å². The molecule has 2 atom stereocenters. The van der Waals surface area contributed by atoms with Crippen LogP contribution in [0.5, 0.6) is 0 Å². The van der Waals surface area contributed by atoms with Gasteiger partial charge in [0, 0.05) is 12.5 Å². The largest absolute Gasteiger partial charge is 0.327 e. The van der Waals surface area contributed by atoms with Gasteiger partial charge in [-0.05, 0) is 18.8 Å². The minimum absolute atomic E-state index is 0. The molecule has 0 aromatic rings. The Balaban J connectivity index is 0.000001000. The second-order valence-electron chi connectivity index (χ2n) is 3.11. The predicted molar refractivity (Wildman–Crippen MR) is 47.9 cm³/mol. The van der Waals surface area contributed by atoms with E-state index in [0.717, 1.165) is 19.1 Å². The molecule has 0 spiro atoms. The zero-order chi connectivity index (χ0) is 7.40. The summed E-state index contributed by atoms with van der Waals surface area (Å²) in [6.45, 7) is 0. The predicted octanol–water partition coefficient (Wildman–Crippen LogP) is 1.51. The van der Waals surface area contributed by atoms with Gasteiger partial charge in [0.2, 0.25) is 0 Å². The third-order valence-corrected chi connectivity index (χ3v) is 2.37. The molecule has 0 aromatic carbocycles. The Morgan fingerprint density at radius 3 is 2.55 bits per heavy atom. The number of aldehydes is 1. The molecule has 0 saturated heterocycles. The lowest BCUT2D eigenvalue weighted by Gasteiger charge is -2.26. The molecule has 11 heavy (non-hydrogen) atoms. The highest BCUT2D eigenvalue weighted by Gasteiger charge is 2.20. The summed E-state index contributed by atoms with van der Waals surface area (Å²) in [6.07, 6.45) is 6.43. The first-order chi connectivity index (χ1) is 4.84. The van der Waals surface area contributed by atoms with Gasteiger partial charge in [0.25, 0.3) is 0 Å². The quantitative estimate of drug-likeness (QED) is 0.650. The first kappa shape index (κ1) is 10.9. The minimum Gasteiger partial charge on any atom is -0.327 e. The molecule has 0 aromatic heterocycles. The molecule has 0 aliphatic heterocycles. The van der Waals surface area contributed by atoms with Crippen molar-refractivity contribution in [3.8, 4) is 0 Å². The summed E-state index contributed by atoms with van der Waals surface area (Å²) >= 11 is 0. The Hall–Kier alpha value is -0.0800. The normalized spacial score (nSPS) is 30.6. The molecule has 0 amide bonds. The number of halogens is 1. The Kier molecular flexibility index (Phi) is 5.51. The summed E-state index contributed by atoms with van der Waals surface area (Å²) in [5.74, 6) is 0.478. The minimum atomic E-state index is 0. The van der Waals surface area contributed by atoms with Gasteiger partial charge in [0.05, 0.1) is 0 Å². The average molecular weight is 178 g/mol. The molecule has 1 rings (SSSR count). The standard InChI is InChI=1S/C8H15NO.ClH/c9-8-4-2-1-3-7(8)5-6-10;/h6-8H,1-5,9H2;1H. The second-order valence-corrected chi connectivity index (χ2v) is 3.11. The Bertz CT molecular complexity index is 119. The van der Waals surface area contributed by atoms with E-state index >= 15 is 0 Å². The van der Waals surface area contributed by atoms with Crippen LogP contribution in [0.2, 0.25) is 0 Å². The summed E-state index contributed by atoms with van der Waals surface area (Å²) in [7, 11) is 0. The van der Waals surface area contributed by atoms with Crippen LogP contribution in [0.15, 0.2) is 0 Å². The molecular formula is C8H16ClNO. The van der Waals surface area contributed by atoms with E-state index in [-0.39, 0.29) is 12.4 Å². The first-order valence-electron chi connectivity index (χ1n) is 4.04. The van der Waals surface area contributed by atoms with E-state index in [0.29, 0.717) is 18.4 Å². The van der Waals surface area contributed by atoms with Crippen molar-refractivity contribution < 1.29 is 4.79 Å². The number of carbonyl (C=O) groups is 1. The van der Waals surface area contributed by atoms with E-state index in [1.807, 2.05) is 0 Å². The number of rotatable bonds is 2. The van der Waals surface area contributed by atoms with Crippen molar-refractivity contribution in [2.24, 2.45) is 11.7 Å². The molecule has 0 bridgehead atoms. The van der Waals surface area contributed by atoms with Crippen LogP contribution >= 0.6 is 12.4 Å². The van der Waals surface area contributed by atoms with Crippen molar-refractivity contribution in [1.29, 1.82) is 0 Å². The van der Waals surface area contributed by atoms with Crippen LogP contribution in [0.1, 0.15) is 32.1 Å². The van der Waals surface area contributed by atoms with Gasteiger partial charge in [-0.15, -0.1) is 12.4 Å². The lowest BCUT2D eigenvalue weighted by atomic mass is 9.83. The monoisotopic (exact) mass is 177 g/mol. The maximum Gasteiger partial charge on any atom is 0.120 e. The molecule has 66 valence electrons. The van der Waals surface area contributed by atoms with Crippen molar-refractivity contribution in [3.63, 3.8) is 0 Å². The van der Waals surface area contributed by atoms with Crippen molar-refractivity contribution in [1.82, 2.24) is 0 Å². The van der Waals surface area contributed by atoms with Gasteiger partial charge in [-0.25, -0.2) is 0 Å². The second kappa shape index (κ2) is 5.56. The zero-order valence-electron chi connectivity index (χ0n) is 6.66. The molecule has 1 aliphatic rings. The Morgan fingerprint density at radius 2 is 2.00 bits per heavy atom. The van der Waals surface area contributed by atoms with Crippen molar-refractivity contribution in [2.75, 3.05) is 0 Å². The molecule has 1 fully saturated rings.